The van der Waals surface area contributed by atoms with E-state index in [-0.39, 0.29) is 5.95 Å². The molecule has 2 rings (SSSR count). The third kappa shape index (κ3) is 1.58. The monoisotopic (exact) mass is 218 g/mol. The Kier molecular flexibility index (Phi) is 2.26. The van der Waals surface area contributed by atoms with E-state index in [0.717, 1.165) is 17.0 Å². The maximum Gasteiger partial charge on any atom is 0.222 e. The van der Waals surface area contributed by atoms with Crippen LogP contribution in [-0.2, 0) is 7.05 Å². The number of hydrogen-bond acceptors (Lipinski definition) is 5. The lowest BCUT2D eigenvalue weighted by molar-refractivity contribution is 0.731. The topological polar surface area (TPSA) is 95.6 Å². The van der Waals surface area contributed by atoms with Gasteiger partial charge < -0.3 is 11.5 Å². The van der Waals surface area contributed by atoms with E-state index in [0.29, 0.717) is 11.5 Å². The summed E-state index contributed by atoms with van der Waals surface area (Å²) in [6.07, 6.45) is 0. The van der Waals surface area contributed by atoms with Gasteiger partial charge in [0.25, 0.3) is 0 Å². The van der Waals surface area contributed by atoms with Crippen LogP contribution >= 0.6 is 0 Å². The summed E-state index contributed by atoms with van der Waals surface area (Å²) in [4.78, 5) is 8.02. The average Bonchev–Trinajstić information content (AvgIpc) is 2.39. The molecule has 16 heavy (non-hydrogen) atoms. The highest BCUT2D eigenvalue weighted by molar-refractivity contribution is 5.67. The molecule has 6 nitrogen and oxygen atoms in total. The van der Waals surface area contributed by atoms with Gasteiger partial charge in [-0.15, -0.1) is 0 Å². The normalized spacial score (nSPS) is 10.7. The zero-order valence-corrected chi connectivity index (χ0v) is 9.52. The lowest BCUT2D eigenvalue weighted by Gasteiger charge is -2.03. The van der Waals surface area contributed by atoms with Gasteiger partial charge in [-0.1, -0.05) is 0 Å². The molecule has 0 aliphatic carbocycles. The molecule has 0 unspecified atom stereocenters. The summed E-state index contributed by atoms with van der Waals surface area (Å²) in [6.45, 7) is 3.90. The molecular weight excluding hydrogens is 204 g/mol. The second-order valence-electron chi connectivity index (χ2n) is 3.71. The van der Waals surface area contributed by atoms with E-state index >= 15 is 0 Å². The second-order valence-corrected chi connectivity index (χ2v) is 3.71. The molecule has 4 N–H and O–H groups in total. The Morgan fingerprint density at radius 2 is 1.88 bits per heavy atom. The molecule has 0 aliphatic rings. The molecule has 2 aromatic rings. The van der Waals surface area contributed by atoms with Crippen molar-refractivity contribution >= 4 is 11.8 Å². The van der Waals surface area contributed by atoms with Crippen LogP contribution in [0.25, 0.3) is 11.3 Å². The smallest absolute Gasteiger partial charge is 0.222 e. The van der Waals surface area contributed by atoms with E-state index in [1.54, 1.807) is 10.7 Å². The number of nitrogens with zero attached hydrogens (tertiary/aromatic N) is 4. The van der Waals surface area contributed by atoms with Crippen LogP contribution in [0.2, 0.25) is 0 Å². The minimum Gasteiger partial charge on any atom is -0.384 e. The summed E-state index contributed by atoms with van der Waals surface area (Å²) in [5, 5.41) is 4.32. The van der Waals surface area contributed by atoms with Crippen LogP contribution in [0.4, 0.5) is 11.8 Å². The van der Waals surface area contributed by atoms with Crippen LogP contribution in [0.5, 0.6) is 0 Å². The molecule has 6 heteroatoms. The summed E-state index contributed by atoms with van der Waals surface area (Å²) in [5.74, 6) is 0.544. The number of aromatic nitrogens is 4. The maximum atomic E-state index is 5.65. The number of hydrogen-bond donors (Lipinski definition) is 2. The number of nitrogen functional groups attached to an aromatic ring is 2. The molecule has 0 fully saturated rings. The van der Waals surface area contributed by atoms with Gasteiger partial charge in [-0.2, -0.15) is 10.1 Å². The molecule has 0 aliphatic heterocycles. The van der Waals surface area contributed by atoms with Crippen molar-refractivity contribution in [2.45, 2.75) is 13.8 Å². The zero-order chi connectivity index (χ0) is 11.9. The molecule has 0 aromatic carbocycles. The Hall–Kier alpha value is -2.11. The van der Waals surface area contributed by atoms with E-state index in [4.69, 9.17) is 11.5 Å². The predicted octanol–water partition coefficient (Wildman–Crippen LogP) is 0.658. The summed E-state index contributed by atoms with van der Waals surface area (Å²) in [7, 11) is 1.89. The largest absolute Gasteiger partial charge is 0.384 e. The Bertz CT molecular complexity index is 522. The lowest BCUT2D eigenvalue weighted by atomic mass is 10.1. The van der Waals surface area contributed by atoms with Gasteiger partial charge in [0.2, 0.25) is 5.95 Å². The van der Waals surface area contributed by atoms with Crippen molar-refractivity contribution in [1.29, 1.82) is 0 Å². The molecule has 2 heterocycles. The summed E-state index contributed by atoms with van der Waals surface area (Å²) >= 11 is 0. The maximum absolute atomic E-state index is 5.65. The van der Waals surface area contributed by atoms with Crippen molar-refractivity contribution in [1.82, 2.24) is 19.7 Å². The molecule has 0 saturated carbocycles. The highest BCUT2D eigenvalue weighted by Gasteiger charge is 2.13. The van der Waals surface area contributed by atoms with Crippen LogP contribution in [0.3, 0.4) is 0 Å². The van der Waals surface area contributed by atoms with Gasteiger partial charge in [-0.3, -0.25) is 4.68 Å². The van der Waals surface area contributed by atoms with Crippen molar-refractivity contribution < 1.29 is 0 Å². The van der Waals surface area contributed by atoms with Gasteiger partial charge in [0.05, 0.1) is 11.4 Å². The van der Waals surface area contributed by atoms with E-state index in [2.05, 4.69) is 15.1 Å². The van der Waals surface area contributed by atoms with Crippen molar-refractivity contribution in [3.05, 3.63) is 17.5 Å². The van der Waals surface area contributed by atoms with E-state index in [9.17, 15) is 0 Å². The number of anilines is 2. The number of nitrogens with two attached hydrogens (primary N) is 2. The Labute approximate surface area is 93.3 Å². The zero-order valence-electron chi connectivity index (χ0n) is 9.52. The molecule has 0 saturated heterocycles. The van der Waals surface area contributed by atoms with Crippen LogP contribution in [0.15, 0.2) is 6.07 Å². The first-order valence-electron chi connectivity index (χ1n) is 4.89. The highest BCUT2D eigenvalue weighted by atomic mass is 15.3. The minimum absolute atomic E-state index is 0.178. The van der Waals surface area contributed by atoms with E-state index in [1.807, 2.05) is 20.9 Å². The summed E-state index contributed by atoms with van der Waals surface area (Å²) in [6, 6.07) is 1.70. The third-order valence-electron chi connectivity index (χ3n) is 2.53. The van der Waals surface area contributed by atoms with Crippen molar-refractivity contribution in [3.63, 3.8) is 0 Å². The summed E-state index contributed by atoms with van der Waals surface area (Å²) in [5.41, 5.74) is 14.8. The standard InChI is InChI=1S/C10H14N6/c1-5-9(6(2)16(3)15-5)7-4-8(11)14-10(12)13-7/h4H,1-3H3,(H4,11,12,13,14). The Morgan fingerprint density at radius 1 is 1.19 bits per heavy atom. The van der Waals surface area contributed by atoms with Gasteiger partial charge in [-0.25, -0.2) is 4.98 Å². The van der Waals surface area contributed by atoms with E-state index in [1.165, 1.54) is 0 Å². The first-order chi connectivity index (χ1) is 7.49. The van der Waals surface area contributed by atoms with Gasteiger partial charge in [0.15, 0.2) is 0 Å². The molecule has 0 amide bonds. The average molecular weight is 218 g/mol. The summed E-state index contributed by atoms with van der Waals surface area (Å²) < 4.78 is 1.80. The van der Waals surface area contributed by atoms with Gasteiger partial charge >= 0.3 is 0 Å². The van der Waals surface area contributed by atoms with Gasteiger partial charge in [0.1, 0.15) is 5.82 Å². The van der Waals surface area contributed by atoms with Crippen LogP contribution in [0, 0.1) is 13.8 Å². The number of aryl methyl sites for hydroxylation is 2. The SMILES string of the molecule is Cc1nn(C)c(C)c1-c1cc(N)nc(N)n1. The first-order valence-corrected chi connectivity index (χ1v) is 4.89. The van der Waals surface area contributed by atoms with Gasteiger partial charge in [-0.05, 0) is 13.8 Å². The fourth-order valence-electron chi connectivity index (χ4n) is 1.76. The molecule has 0 bridgehead atoms. The van der Waals surface area contributed by atoms with Crippen molar-refractivity contribution in [2.75, 3.05) is 11.5 Å². The molecular formula is C10H14N6. The second kappa shape index (κ2) is 3.48. The fourth-order valence-corrected chi connectivity index (χ4v) is 1.76. The quantitative estimate of drug-likeness (QED) is 0.733. The molecule has 84 valence electrons. The molecule has 0 atom stereocenters. The Morgan fingerprint density at radius 3 is 2.38 bits per heavy atom. The Balaban J connectivity index is 2.67. The van der Waals surface area contributed by atoms with E-state index < -0.39 is 0 Å². The van der Waals surface area contributed by atoms with Crippen molar-refractivity contribution in [2.24, 2.45) is 7.05 Å². The van der Waals surface area contributed by atoms with Crippen LogP contribution in [-0.4, -0.2) is 19.7 Å². The fraction of sp³-hybridized carbons (Fsp3) is 0.300. The molecule has 2 aromatic heterocycles. The molecule has 0 radical (unpaired) electrons. The van der Waals surface area contributed by atoms with Crippen molar-refractivity contribution in [3.8, 4) is 11.3 Å². The third-order valence-corrected chi connectivity index (χ3v) is 2.53. The number of rotatable bonds is 1. The van der Waals surface area contributed by atoms with Crippen LogP contribution < -0.4 is 11.5 Å². The highest BCUT2D eigenvalue weighted by Crippen LogP contribution is 2.25. The molecule has 0 spiro atoms. The first kappa shape index (κ1) is 10.4. The lowest BCUT2D eigenvalue weighted by Crippen LogP contribution is -2.01. The minimum atomic E-state index is 0.178. The predicted molar refractivity (Wildman–Crippen MR) is 62.5 cm³/mol. The van der Waals surface area contributed by atoms with Gasteiger partial charge in [0, 0.05) is 24.4 Å². The van der Waals surface area contributed by atoms with Crippen LogP contribution in [0.1, 0.15) is 11.4 Å².